The maximum atomic E-state index is 12.5. The smallest absolute Gasteiger partial charge is 0.221 e. The summed E-state index contributed by atoms with van der Waals surface area (Å²) < 4.78 is 5.75. The standard InChI is InChI=1S/C19H23N3O2S/c23-18(21-9-17-2-1-7-25-17)8-19-13-22(11-16(19)12-24-14-19)10-15-3-5-20-6-4-15/h1-7,16H,8-14H2,(H,21,23)/t16-,19+/m1/s1. The number of hydrogen-bond acceptors (Lipinski definition) is 5. The highest BCUT2D eigenvalue weighted by molar-refractivity contribution is 7.09. The van der Waals surface area contributed by atoms with E-state index in [2.05, 4.69) is 33.4 Å². The highest BCUT2D eigenvalue weighted by Gasteiger charge is 2.51. The summed E-state index contributed by atoms with van der Waals surface area (Å²) in [7, 11) is 0. The summed E-state index contributed by atoms with van der Waals surface area (Å²) in [5, 5.41) is 5.11. The predicted molar refractivity (Wildman–Crippen MR) is 97.0 cm³/mol. The summed E-state index contributed by atoms with van der Waals surface area (Å²) >= 11 is 1.67. The zero-order valence-electron chi connectivity index (χ0n) is 14.2. The van der Waals surface area contributed by atoms with Crippen LogP contribution in [0.5, 0.6) is 0 Å². The number of hydrogen-bond donors (Lipinski definition) is 1. The fraction of sp³-hybridized carbons (Fsp3) is 0.474. The minimum Gasteiger partial charge on any atom is -0.380 e. The van der Waals surface area contributed by atoms with Gasteiger partial charge in [-0.25, -0.2) is 0 Å². The molecular weight excluding hydrogens is 334 g/mol. The van der Waals surface area contributed by atoms with E-state index in [1.54, 1.807) is 11.3 Å². The largest absolute Gasteiger partial charge is 0.380 e. The Morgan fingerprint density at radius 2 is 2.28 bits per heavy atom. The Hall–Kier alpha value is -1.76. The van der Waals surface area contributed by atoms with E-state index in [0.717, 1.165) is 26.2 Å². The molecule has 25 heavy (non-hydrogen) atoms. The van der Waals surface area contributed by atoms with Gasteiger partial charge in [-0.2, -0.15) is 0 Å². The van der Waals surface area contributed by atoms with Crippen LogP contribution in [0, 0.1) is 11.3 Å². The molecule has 2 atom stereocenters. The van der Waals surface area contributed by atoms with Gasteiger partial charge < -0.3 is 10.1 Å². The Morgan fingerprint density at radius 3 is 3.08 bits per heavy atom. The summed E-state index contributed by atoms with van der Waals surface area (Å²) in [6.07, 6.45) is 4.22. The quantitative estimate of drug-likeness (QED) is 0.862. The number of thiophene rings is 1. The molecule has 0 saturated carbocycles. The number of pyridine rings is 1. The van der Waals surface area contributed by atoms with E-state index in [-0.39, 0.29) is 11.3 Å². The first-order valence-corrected chi connectivity index (χ1v) is 9.60. The third kappa shape index (κ3) is 3.76. The van der Waals surface area contributed by atoms with Gasteiger partial charge in [0.25, 0.3) is 0 Å². The van der Waals surface area contributed by atoms with Crippen LogP contribution < -0.4 is 5.32 Å². The predicted octanol–water partition coefficient (Wildman–Crippen LogP) is 2.30. The molecular formula is C19H23N3O2S. The van der Waals surface area contributed by atoms with Gasteiger partial charge in [0.2, 0.25) is 5.91 Å². The number of ether oxygens (including phenoxy) is 1. The first kappa shape index (κ1) is 16.7. The molecule has 132 valence electrons. The molecule has 0 bridgehead atoms. The average Bonchev–Trinajstić information content (AvgIpc) is 3.30. The molecule has 1 N–H and O–H groups in total. The first-order chi connectivity index (χ1) is 12.2. The van der Waals surface area contributed by atoms with Crippen molar-refractivity contribution >= 4 is 17.2 Å². The molecule has 2 aromatic heterocycles. The Morgan fingerprint density at radius 1 is 1.40 bits per heavy atom. The number of carbonyl (C=O) groups is 1. The number of aromatic nitrogens is 1. The van der Waals surface area contributed by atoms with Crippen molar-refractivity contribution in [1.29, 1.82) is 0 Å². The van der Waals surface area contributed by atoms with Crippen LogP contribution in [0.3, 0.4) is 0 Å². The lowest BCUT2D eigenvalue weighted by molar-refractivity contribution is -0.123. The SMILES string of the molecule is O=C(C[C@]12COC[C@H]1CN(Cc1ccncc1)C2)NCc1cccs1. The third-order valence-electron chi connectivity index (χ3n) is 5.30. The van der Waals surface area contributed by atoms with E-state index in [0.29, 0.717) is 25.5 Å². The molecule has 6 heteroatoms. The van der Waals surface area contributed by atoms with Crippen LogP contribution in [0.1, 0.15) is 16.9 Å². The van der Waals surface area contributed by atoms with Gasteiger partial charge in [0.15, 0.2) is 0 Å². The van der Waals surface area contributed by atoms with Crippen LogP contribution in [0.4, 0.5) is 0 Å². The van der Waals surface area contributed by atoms with Gasteiger partial charge >= 0.3 is 0 Å². The van der Waals surface area contributed by atoms with Gasteiger partial charge in [-0.05, 0) is 29.1 Å². The van der Waals surface area contributed by atoms with Crippen LogP contribution in [-0.2, 0) is 22.6 Å². The van der Waals surface area contributed by atoms with Crippen molar-refractivity contribution in [2.75, 3.05) is 26.3 Å². The van der Waals surface area contributed by atoms with Crippen LogP contribution >= 0.6 is 11.3 Å². The Kier molecular flexibility index (Phi) is 4.83. The fourth-order valence-corrected chi connectivity index (χ4v) is 4.69. The number of rotatable bonds is 6. The molecule has 2 aromatic rings. The molecule has 0 spiro atoms. The second-order valence-corrected chi connectivity index (χ2v) is 8.16. The lowest BCUT2D eigenvalue weighted by Gasteiger charge is -2.26. The maximum Gasteiger partial charge on any atom is 0.221 e. The molecule has 4 rings (SSSR count). The lowest BCUT2D eigenvalue weighted by Crippen LogP contribution is -2.37. The molecule has 1 amide bonds. The van der Waals surface area contributed by atoms with Crippen molar-refractivity contribution in [3.05, 3.63) is 52.5 Å². The van der Waals surface area contributed by atoms with Gasteiger partial charge in [0.1, 0.15) is 0 Å². The number of likely N-dealkylation sites (tertiary alicyclic amines) is 1. The van der Waals surface area contributed by atoms with Crippen LogP contribution in [0.25, 0.3) is 0 Å². The molecule has 0 aromatic carbocycles. The summed E-state index contributed by atoms with van der Waals surface area (Å²) in [5.41, 5.74) is 1.24. The van der Waals surface area contributed by atoms with Gasteiger partial charge in [0.05, 0.1) is 19.8 Å². The van der Waals surface area contributed by atoms with Crippen LogP contribution in [0.2, 0.25) is 0 Å². The van der Waals surface area contributed by atoms with Gasteiger partial charge in [-0.3, -0.25) is 14.7 Å². The minimum atomic E-state index is -0.0352. The van der Waals surface area contributed by atoms with Crippen LogP contribution in [-0.4, -0.2) is 42.1 Å². The second kappa shape index (κ2) is 7.23. The normalized spacial score (nSPS) is 25.8. The summed E-state index contributed by atoms with van der Waals surface area (Å²) in [5.74, 6) is 0.580. The summed E-state index contributed by atoms with van der Waals surface area (Å²) in [6, 6.07) is 8.19. The molecule has 2 fully saturated rings. The van der Waals surface area contributed by atoms with Crippen molar-refractivity contribution < 1.29 is 9.53 Å². The van der Waals surface area contributed by atoms with E-state index >= 15 is 0 Å². The van der Waals surface area contributed by atoms with Crippen LogP contribution in [0.15, 0.2) is 42.0 Å². The van der Waals surface area contributed by atoms with Gasteiger partial charge in [0, 0.05) is 54.7 Å². The zero-order valence-corrected chi connectivity index (χ0v) is 15.0. The minimum absolute atomic E-state index is 0.0352. The Bertz CT molecular complexity index is 707. The van der Waals surface area contributed by atoms with Crippen molar-refractivity contribution in [2.24, 2.45) is 11.3 Å². The molecule has 4 heterocycles. The van der Waals surface area contributed by atoms with Crippen molar-refractivity contribution in [3.8, 4) is 0 Å². The highest BCUT2D eigenvalue weighted by atomic mass is 32.1. The third-order valence-corrected chi connectivity index (χ3v) is 6.18. The number of carbonyl (C=O) groups excluding carboxylic acids is 1. The van der Waals surface area contributed by atoms with E-state index in [1.165, 1.54) is 10.4 Å². The summed E-state index contributed by atoms with van der Waals surface area (Å²) in [4.78, 5) is 20.2. The summed E-state index contributed by atoms with van der Waals surface area (Å²) in [6.45, 7) is 4.92. The van der Waals surface area contributed by atoms with E-state index in [9.17, 15) is 4.79 Å². The maximum absolute atomic E-state index is 12.5. The second-order valence-electron chi connectivity index (χ2n) is 7.13. The average molecular weight is 357 g/mol. The molecule has 0 unspecified atom stereocenters. The molecule has 0 radical (unpaired) electrons. The van der Waals surface area contributed by atoms with E-state index in [1.807, 2.05) is 23.8 Å². The zero-order chi connectivity index (χ0) is 17.1. The molecule has 0 aliphatic carbocycles. The number of nitrogens with zero attached hydrogens (tertiary/aromatic N) is 2. The Balaban J connectivity index is 1.36. The van der Waals surface area contributed by atoms with Gasteiger partial charge in [-0.15, -0.1) is 11.3 Å². The first-order valence-electron chi connectivity index (χ1n) is 8.72. The van der Waals surface area contributed by atoms with Crippen molar-refractivity contribution in [3.63, 3.8) is 0 Å². The Labute approximate surface area is 152 Å². The molecule has 2 saturated heterocycles. The monoisotopic (exact) mass is 357 g/mol. The van der Waals surface area contributed by atoms with Crippen molar-refractivity contribution in [1.82, 2.24) is 15.2 Å². The number of amides is 1. The fourth-order valence-electron chi connectivity index (χ4n) is 4.04. The topological polar surface area (TPSA) is 54.5 Å². The number of fused-ring (bicyclic) bond motifs is 1. The van der Waals surface area contributed by atoms with Crippen molar-refractivity contribution in [2.45, 2.75) is 19.5 Å². The number of nitrogens with one attached hydrogen (secondary N) is 1. The molecule has 2 aliphatic heterocycles. The molecule has 2 aliphatic rings. The highest BCUT2D eigenvalue weighted by Crippen LogP contribution is 2.44. The van der Waals surface area contributed by atoms with E-state index in [4.69, 9.17) is 4.74 Å². The molecule has 5 nitrogen and oxygen atoms in total. The lowest BCUT2D eigenvalue weighted by atomic mass is 9.78. The van der Waals surface area contributed by atoms with E-state index < -0.39 is 0 Å². The van der Waals surface area contributed by atoms with Gasteiger partial charge in [-0.1, -0.05) is 6.07 Å².